The molecule has 0 aromatic heterocycles. The van der Waals surface area contributed by atoms with Crippen molar-refractivity contribution in [2.45, 2.75) is 615 Å². The van der Waals surface area contributed by atoms with E-state index < -0.39 is 0 Å². The molecule has 24 atom stereocenters. The predicted molar refractivity (Wildman–Crippen MR) is 543 cm³/mol. The van der Waals surface area contributed by atoms with Crippen molar-refractivity contribution in [3.63, 3.8) is 0 Å². The van der Waals surface area contributed by atoms with Crippen LogP contribution in [-0.4, -0.2) is 48.8 Å². The molecule has 128 heavy (non-hydrogen) atoms. The first-order chi connectivity index (χ1) is 61.5. The molecular formula is C124H216O4. The molecule has 18 saturated carbocycles. The van der Waals surface area contributed by atoms with Gasteiger partial charge in [-0.15, -0.1) is 0 Å². The largest absolute Gasteiger partial charge is 0.375 e. The minimum absolute atomic E-state index is 0.458. The SMILES string of the molecule is CC(C)(C)C1CC2CCC1O2.CC1(C)CC2CC1C1C3CCC(C3)C21.CC1(C2CC3CCC2C3)CCCC1.CC1(C2CC3CCC2C3)CCCCC1.CC1(C2CC3CCC2O3)CCCC1.CC1(C2CC3CCC2O3)CCCCC1.CC1(C2CCCC2)CCCC1.CC1(C2CCCC2)CCCCC1.CC1(C2CCCCC2)CCCCC1.CCC(C)(CC)C1CC2CCC1O2. The number of fused-ring (bicyclic) bond motifs is 21. The third kappa shape index (κ3) is 22.6. The maximum atomic E-state index is 6.00. The molecule has 4 nitrogen and oxygen atoms in total. The molecule has 0 amide bonds. The van der Waals surface area contributed by atoms with Crippen LogP contribution < -0.4 is 0 Å². The second-order valence-electron chi connectivity index (χ2n) is 57.2. The van der Waals surface area contributed by atoms with E-state index in [1.165, 1.54) is 377 Å². The molecule has 0 aromatic rings. The summed E-state index contributed by atoms with van der Waals surface area (Å²) < 4.78 is 23.7. The Hall–Kier alpha value is -0.160. The van der Waals surface area contributed by atoms with Crippen LogP contribution in [-0.2, 0) is 18.9 Å². The molecule has 8 aliphatic heterocycles. The molecular weight excluding hydrogens is 1550 g/mol. The quantitative estimate of drug-likeness (QED) is 0.204. The molecule has 18 aliphatic carbocycles. The molecule has 26 rings (SSSR count). The third-order valence-electron chi connectivity index (χ3n) is 48.0. The van der Waals surface area contributed by atoms with Crippen LogP contribution >= 0.6 is 0 Å². The van der Waals surface area contributed by atoms with Crippen molar-refractivity contribution in [1.29, 1.82) is 0 Å². The van der Waals surface area contributed by atoms with E-state index >= 15 is 0 Å². The van der Waals surface area contributed by atoms with Crippen molar-refractivity contribution in [1.82, 2.24) is 0 Å². The minimum atomic E-state index is 0.458. The highest BCUT2D eigenvalue weighted by atomic mass is 16.5. The fraction of sp³-hybridized carbons (Fsp3) is 1.00. The van der Waals surface area contributed by atoms with Crippen LogP contribution in [0, 0.1) is 167 Å². The van der Waals surface area contributed by atoms with Gasteiger partial charge in [-0.3, -0.25) is 0 Å². The van der Waals surface area contributed by atoms with E-state index in [1.54, 1.807) is 109 Å². The summed E-state index contributed by atoms with van der Waals surface area (Å²) >= 11 is 0. The highest BCUT2D eigenvalue weighted by Gasteiger charge is 2.65. The van der Waals surface area contributed by atoms with Gasteiger partial charge in [0, 0.05) is 0 Å². The summed E-state index contributed by atoms with van der Waals surface area (Å²) in [5.74, 6) is 20.6. The number of hydrogen-bond acceptors (Lipinski definition) is 4. The van der Waals surface area contributed by atoms with Crippen molar-refractivity contribution >= 4 is 0 Å². The van der Waals surface area contributed by atoms with Crippen molar-refractivity contribution in [2.24, 2.45) is 167 Å². The van der Waals surface area contributed by atoms with Gasteiger partial charge in [0.2, 0.25) is 0 Å². The van der Waals surface area contributed by atoms with Gasteiger partial charge in [-0.05, 0) is 443 Å². The van der Waals surface area contributed by atoms with Gasteiger partial charge in [-0.2, -0.15) is 0 Å². The Morgan fingerprint density at radius 2 is 0.523 bits per heavy atom. The Bertz CT molecular complexity index is 3170. The minimum Gasteiger partial charge on any atom is -0.375 e. The molecule has 16 bridgehead atoms. The second-order valence-corrected chi connectivity index (χ2v) is 57.2. The lowest BCUT2D eigenvalue weighted by molar-refractivity contribution is 0.0385. The molecule has 26 aliphatic rings. The Labute approximate surface area is 795 Å². The van der Waals surface area contributed by atoms with Gasteiger partial charge in [0.25, 0.3) is 0 Å². The molecule has 26 fully saturated rings. The first-order valence-corrected chi connectivity index (χ1v) is 60.1. The summed E-state index contributed by atoms with van der Waals surface area (Å²) in [6.45, 7) is 37.1. The molecule has 0 radical (unpaired) electrons. The van der Waals surface area contributed by atoms with Crippen molar-refractivity contribution in [3.8, 4) is 0 Å². The molecule has 0 N–H and O–H groups in total. The van der Waals surface area contributed by atoms with Crippen LogP contribution in [0.25, 0.3) is 0 Å². The van der Waals surface area contributed by atoms with Crippen LogP contribution in [0.5, 0.6) is 0 Å². The van der Waals surface area contributed by atoms with E-state index in [1.807, 2.05) is 0 Å². The lowest BCUT2D eigenvalue weighted by atomic mass is 9.62. The average molecular weight is 1770 g/mol. The van der Waals surface area contributed by atoms with Crippen LogP contribution in [0.3, 0.4) is 0 Å². The van der Waals surface area contributed by atoms with Crippen molar-refractivity contribution < 1.29 is 18.9 Å². The van der Waals surface area contributed by atoms with Crippen molar-refractivity contribution in [2.75, 3.05) is 0 Å². The maximum Gasteiger partial charge on any atom is 0.0614 e. The van der Waals surface area contributed by atoms with Crippen molar-refractivity contribution in [3.05, 3.63) is 0 Å². The standard InChI is InChI=1S/C14H22.C14H24.C13H22O.C13H22.C13H24.C12H20O.C12H22O.C12H22.C11H20.C10H18O/c1-14(2)7-10-6-11(14)13-9-4-3-8(5-9)12(10)13;1-14(7-3-2-4-8-14)13-10-11-5-6-12(13)9-11;1-13(7-3-2-4-8-13)11-9-10-5-6-12(11)14-10;1-13(6-2-3-7-13)12-9-10-4-5-11(12)8-10;1-13(10-6-3-7-11-13)12-8-4-2-5-9-12;1-12(6-2-3-7-12)10-8-9-4-5-11(10)13-9;1-4-12(3,5-2)10-8-9-6-7-11(10)13-9;1-12(9-5-2-6-10-12)11-7-3-4-8-11;1-11(8-4-5-9-11)10-6-2-3-7-10;1-10(2,3)8-6-7-4-5-9(8)11-7/h8-13H,3-7H2,1-2H3;11-13H,2-10H2,1H3;10-12H,2-9H2,1H3;10-12H,2-9H2,1H3;12H,2-11H2,1H3;9-11H,2-8H2,1H3;9-11H,4-8H2,1-3H3;11H,2-10H2,1H3;10H,2-9H2,1H3;7-9H,4-6H2,1-3H3. The lowest BCUT2D eigenvalue weighted by Gasteiger charge is -2.43. The predicted octanol–water partition coefficient (Wildman–Crippen LogP) is 37.2. The van der Waals surface area contributed by atoms with E-state index in [9.17, 15) is 0 Å². The smallest absolute Gasteiger partial charge is 0.0614 e. The fourth-order valence-electron chi connectivity index (χ4n) is 39.6. The molecule has 24 unspecified atom stereocenters. The monoisotopic (exact) mass is 1770 g/mol. The molecule has 8 saturated heterocycles. The van der Waals surface area contributed by atoms with Crippen LogP contribution in [0.1, 0.15) is 566 Å². The number of hydrogen-bond donors (Lipinski definition) is 0. The van der Waals surface area contributed by atoms with Crippen LogP contribution in [0.2, 0.25) is 0 Å². The topological polar surface area (TPSA) is 36.9 Å². The zero-order chi connectivity index (χ0) is 89.3. The Kier molecular flexibility index (Phi) is 33.2. The zero-order valence-corrected chi connectivity index (χ0v) is 88.1. The average Bonchev–Trinajstić information content (AvgIpc) is 1.54. The van der Waals surface area contributed by atoms with Crippen LogP contribution in [0.15, 0.2) is 0 Å². The third-order valence-corrected chi connectivity index (χ3v) is 48.0. The van der Waals surface area contributed by atoms with Gasteiger partial charge in [0.1, 0.15) is 0 Å². The Morgan fingerprint density at radius 3 is 0.812 bits per heavy atom. The molecule has 8 heterocycles. The van der Waals surface area contributed by atoms with Gasteiger partial charge >= 0.3 is 0 Å². The van der Waals surface area contributed by atoms with Gasteiger partial charge in [-0.1, -0.05) is 290 Å². The highest BCUT2D eigenvalue weighted by Crippen LogP contribution is 2.72. The lowest BCUT2D eigenvalue weighted by Crippen LogP contribution is -2.36. The molecule has 0 aromatic carbocycles. The van der Waals surface area contributed by atoms with Gasteiger partial charge in [0.05, 0.1) is 48.8 Å². The Morgan fingerprint density at radius 1 is 0.227 bits per heavy atom. The molecule has 0 spiro atoms. The summed E-state index contributed by atoms with van der Waals surface area (Å²) in [5, 5.41) is 0. The Balaban J connectivity index is 0.000000100. The summed E-state index contributed by atoms with van der Waals surface area (Å²) in [5.41, 5.74) is 6.82. The normalized spacial score (nSPS) is 42.7. The van der Waals surface area contributed by atoms with Gasteiger partial charge < -0.3 is 18.9 Å². The number of ether oxygens (including phenoxy) is 4. The summed E-state index contributed by atoms with van der Waals surface area (Å²) in [6.07, 6.45) is 112. The summed E-state index contributed by atoms with van der Waals surface area (Å²) in [7, 11) is 0. The number of rotatable bonds is 10. The molecule has 4 heteroatoms. The van der Waals surface area contributed by atoms with E-state index in [0.717, 1.165) is 116 Å². The van der Waals surface area contributed by atoms with E-state index in [-0.39, 0.29) is 0 Å². The first-order valence-electron chi connectivity index (χ1n) is 60.1. The maximum absolute atomic E-state index is 6.00. The van der Waals surface area contributed by atoms with E-state index in [0.29, 0.717) is 75.9 Å². The van der Waals surface area contributed by atoms with Crippen LogP contribution in [0.4, 0.5) is 0 Å². The van der Waals surface area contributed by atoms with E-state index in [4.69, 9.17) is 18.9 Å². The zero-order valence-electron chi connectivity index (χ0n) is 88.1. The second kappa shape index (κ2) is 42.7. The van der Waals surface area contributed by atoms with Gasteiger partial charge in [0.15, 0.2) is 0 Å². The first kappa shape index (κ1) is 99.4. The fourth-order valence-corrected chi connectivity index (χ4v) is 39.6. The van der Waals surface area contributed by atoms with E-state index in [2.05, 4.69) is 104 Å². The summed E-state index contributed by atoms with van der Waals surface area (Å²) in [6, 6.07) is 0. The van der Waals surface area contributed by atoms with Gasteiger partial charge in [-0.25, -0.2) is 0 Å². The molecule has 736 valence electrons. The highest BCUT2D eigenvalue weighted by molar-refractivity contribution is 5.14. The summed E-state index contributed by atoms with van der Waals surface area (Å²) in [4.78, 5) is 0.